The zero-order valence-electron chi connectivity index (χ0n) is 12.0. The predicted molar refractivity (Wildman–Crippen MR) is 87.3 cm³/mol. The second-order valence-corrected chi connectivity index (χ2v) is 6.80. The molecule has 0 unspecified atom stereocenters. The van der Waals surface area contributed by atoms with Crippen molar-refractivity contribution in [2.45, 2.75) is 4.90 Å². The van der Waals surface area contributed by atoms with Gasteiger partial charge in [-0.15, -0.1) is 0 Å². The number of hydrogen-bond donors (Lipinski definition) is 1. The van der Waals surface area contributed by atoms with E-state index >= 15 is 0 Å². The van der Waals surface area contributed by atoms with Crippen LogP contribution in [0.25, 0.3) is 10.8 Å². The summed E-state index contributed by atoms with van der Waals surface area (Å²) in [6.07, 6.45) is 0. The predicted octanol–water partition coefficient (Wildman–Crippen LogP) is 3.37. The van der Waals surface area contributed by atoms with Crippen LogP contribution in [0.15, 0.2) is 65.6 Å². The molecule has 0 spiro atoms. The molecule has 1 heterocycles. The van der Waals surface area contributed by atoms with E-state index in [0.29, 0.717) is 22.6 Å². The Morgan fingerprint density at radius 2 is 1.65 bits per heavy atom. The van der Waals surface area contributed by atoms with Gasteiger partial charge < -0.3 is 9.47 Å². The number of benzene rings is 3. The molecule has 0 aliphatic carbocycles. The molecule has 0 aromatic heterocycles. The van der Waals surface area contributed by atoms with Crippen LogP contribution in [-0.2, 0) is 10.0 Å². The van der Waals surface area contributed by atoms with Gasteiger partial charge in [0.05, 0.1) is 10.6 Å². The highest BCUT2D eigenvalue weighted by molar-refractivity contribution is 7.93. The van der Waals surface area contributed by atoms with Gasteiger partial charge in [-0.05, 0) is 23.6 Å². The van der Waals surface area contributed by atoms with Crippen molar-refractivity contribution < 1.29 is 17.9 Å². The summed E-state index contributed by atoms with van der Waals surface area (Å²) in [5.41, 5.74) is 0.433. The first kappa shape index (κ1) is 13.9. The average molecular weight is 327 g/mol. The molecular weight excluding hydrogens is 314 g/mol. The third kappa shape index (κ3) is 2.47. The maximum Gasteiger partial charge on any atom is 0.262 e. The number of sulfonamides is 1. The van der Waals surface area contributed by atoms with Gasteiger partial charge >= 0.3 is 0 Å². The normalized spacial score (nSPS) is 13.2. The van der Waals surface area contributed by atoms with E-state index < -0.39 is 10.0 Å². The first-order valence-corrected chi connectivity index (χ1v) is 8.52. The van der Waals surface area contributed by atoms with Crippen molar-refractivity contribution in [3.8, 4) is 11.5 Å². The molecule has 0 saturated heterocycles. The van der Waals surface area contributed by atoms with Gasteiger partial charge in [-0.2, -0.15) is 0 Å². The van der Waals surface area contributed by atoms with Crippen molar-refractivity contribution >= 4 is 26.5 Å². The van der Waals surface area contributed by atoms with Crippen LogP contribution in [0.4, 0.5) is 5.69 Å². The molecule has 0 saturated carbocycles. The second-order valence-electron chi connectivity index (χ2n) is 5.15. The van der Waals surface area contributed by atoms with Gasteiger partial charge in [0.25, 0.3) is 10.0 Å². The largest absolute Gasteiger partial charge is 0.454 e. The Kier molecular flexibility index (Phi) is 3.12. The molecule has 0 amide bonds. The zero-order valence-corrected chi connectivity index (χ0v) is 12.8. The van der Waals surface area contributed by atoms with Gasteiger partial charge in [-0.3, -0.25) is 4.72 Å². The minimum atomic E-state index is -3.70. The van der Waals surface area contributed by atoms with E-state index in [0.717, 1.165) is 5.39 Å². The Labute approximate surface area is 133 Å². The molecule has 0 radical (unpaired) electrons. The number of fused-ring (bicyclic) bond motifs is 2. The Morgan fingerprint density at radius 3 is 2.57 bits per heavy atom. The van der Waals surface area contributed by atoms with Crippen LogP contribution in [0.2, 0.25) is 0 Å². The van der Waals surface area contributed by atoms with Gasteiger partial charge in [0, 0.05) is 11.5 Å². The van der Waals surface area contributed by atoms with Crippen LogP contribution < -0.4 is 14.2 Å². The molecule has 3 aromatic rings. The van der Waals surface area contributed by atoms with Crippen molar-refractivity contribution in [3.05, 3.63) is 60.7 Å². The fourth-order valence-electron chi connectivity index (χ4n) is 2.60. The third-order valence-corrected chi connectivity index (χ3v) is 5.10. The monoisotopic (exact) mass is 327 g/mol. The van der Waals surface area contributed by atoms with Crippen LogP contribution in [0, 0.1) is 0 Å². The highest BCUT2D eigenvalue weighted by atomic mass is 32.2. The van der Waals surface area contributed by atoms with E-state index in [1.54, 1.807) is 36.4 Å². The van der Waals surface area contributed by atoms with E-state index in [1.807, 2.05) is 24.3 Å². The Morgan fingerprint density at radius 1 is 0.870 bits per heavy atom. The minimum absolute atomic E-state index is 0.148. The van der Waals surface area contributed by atoms with Gasteiger partial charge in [0.2, 0.25) is 6.79 Å². The highest BCUT2D eigenvalue weighted by Crippen LogP contribution is 2.35. The standard InChI is InChI=1S/C17H13NO4S/c19-23(20,17-7-3-5-12-4-1-2-6-14(12)17)18-13-8-9-15-16(10-13)22-11-21-15/h1-10,18H,11H2. The molecule has 0 atom stereocenters. The van der Waals surface area contributed by atoms with Gasteiger partial charge in [-0.25, -0.2) is 8.42 Å². The lowest BCUT2D eigenvalue weighted by Gasteiger charge is -2.11. The summed E-state index contributed by atoms with van der Waals surface area (Å²) in [7, 11) is -3.70. The molecule has 0 fully saturated rings. The first-order chi connectivity index (χ1) is 11.1. The number of hydrogen-bond acceptors (Lipinski definition) is 4. The van der Waals surface area contributed by atoms with Crippen molar-refractivity contribution in [1.82, 2.24) is 0 Å². The van der Waals surface area contributed by atoms with Gasteiger partial charge in [0.1, 0.15) is 0 Å². The quantitative estimate of drug-likeness (QED) is 0.801. The summed E-state index contributed by atoms with van der Waals surface area (Å²) >= 11 is 0. The Balaban J connectivity index is 1.75. The third-order valence-electron chi connectivity index (χ3n) is 3.66. The number of anilines is 1. The summed E-state index contributed by atoms with van der Waals surface area (Å²) in [6, 6.07) is 17.5. The lowest BCUT2D eigenvalue weighted by molar-refractivity contribution is 0.174. The summed E-state index contributed by atoms with van der Waals surface area (Å²) in [4.78, 5) is 0.244. The van der Waals surface area contributed by atoms with Crippen molar-refractivity contribution in [2.75, 3.05) is 11.5 Å². The number of rotatable bonds is 3. The molecule has 1 N–H and O–H groups in total. The number of nitrogens with one attached hydrogen (secondary N) is 1. The summed E-state index contributed by atoms with van der Waals surface area (Å²) < 4.78 is 38.6. The minimum Gasteiger partial charge on any atom is -0.454 e. The molecule has 116 valence electrons. The average Bonchev–Trinajstić information content (AvgIpc) is 3.01. The maximum atomic E-state index is 12.7. The number of ether oxygens (including phenoxy) is 2. The van der Waals surface area contributed by atoms with Crippen LogP contribution in [0.3, 0.4) is 0 Å². The topological polar surface area (TPSA) is 64.6 Å². The molecule has 1 aliphatic rings. The van der Waals surface area contributed by atoms with Crippen molar-refractivity contribution in [3.63, 3.8) is 0 Å². The van der Waals surface area contributed by atoms with Crippen molar-refractivity contribution in [2.24, 2.45) is 0 Å². The SMILES string of the molecule is O=S(=O)(Nc1ccc2c(c1)OCO2)c1cccc2ccccc12. The summed E-state index contributed by atoms with van der Waals surface area (Å²) in [6.45, 7) is 0.148. The van der Waals surface area contributed by atoms with Crippen LogP contribution in [0.5, 0.6) is 11.5 Å². The molecule has 4 rings (SSSR count). The second kappa shape index (κ2) is 5.17. The first-order valence-electron chi connectivity index (χ1n) is 7.04. The van der Waals surface area contributed by atoms with Crippen LogP contribution in [0.1, 0.15) is 0 Å². The van der Waals surface area contributed by atoms with E-state index in [-0.39, 0.29) is 11.7 Å². The fraction of sp³-hybridized carbons (Fsp3) is 0.0588. The van der Waals surface area contributed by atoms with E-state index in [4.69, 9.17) is 9.47 Å². The van der Waals surface area contributed by atoms with Crippen LogP contribution >= 0.6 is 0 Å². The lowest BCUT2D eigenvalue weighted by atomic mass is 10.1. The maximum absolute atomic E-state index is 12.7. The molecule has 5 nitrogen and oxygen atoms in total. The van der Waals surface area contributed by atoms with Crippen molar-refractivity contribution in [1.29, 1.82) is 0 Å². The Hall–Kier alpha value is -2.73. The van der Waals surface area contributed by atoms with E-state index in [2.05, 4.69) is 4.72 Å². The zero-order chi connectivity index (χ0) is 15.9. The molecular formula is C17H13NO4S. The Bertz CT molecular complexity index is 993. The van der Waals surface area contributed by atoms with Gasteiger partial charge in [0.15, 0.2) is 11.5 Å². The highest BCUT2D eigenvalue weighted by Gasteiger charge is 2.19. The van der Waals surface area contributed by atoms with Crippen LogP contribution in [-0.4, -0.2) is 15.2 Å². The van der Waals surface area contributed by atoms with Gasteiger partial charge in [-0.1, -0.05) is 36.4 Å². The molecule has 6 heteroatoms. The van der Waals surface area contributed by atoms with E-state index in [9.17, 15) is 8.42 Å². The smallest absolute Gasteiger partial charge is 0.262 e. The summed E-state index contributed by atoms with van der Waals surface area (Å²) in [5.74, 6) is 1.14. The molecule has 3 aromatic carbocycles. The summed E-state index contributed by atoms with van der Waals surface area (Å²) in [5, 5.41) is 1.56. The lowest BCUT2D eigenvalue weighted by Crippen LogP contribution is -2.13. The molecule has 0 bridgehead atoms. The van der Waals surface area contributed by atoms with E-state index in [1.165, 1.54) is 0 Å². The fourth-order valence-corrected chi connectivity index (χ4v) is 3.88. The molecule has 23 heavy (non-hydrogen) atoms. The molecule has 1 aliphatic heterocycles.